The molecule has 0 atom stereocenters. The fraction of sp³-hybridized carbons (Fsp3) is 0.600. The van der Waals surface area contributed by atoms with Gasteiger partial charge in [-0.1, -0.05) is 12.1 Å². The van der Waals surface area contributed by atoms with Crippen LogP contribution in [0.25, 0.3) is 0 Å². The van der Waals surface area contributed by atoms with Crippen molar-refractivity contribution in [2.45, 2.75) is 49.7 Å². The normalized spacial score (nSPS) is 12.1. The summed E-state index contributed by atoms with van der Waals surface area (Å²) in [5, 5.41) is 3.27. The van der Waals surface area contributed by atoms with Gasteiger partial charge < -0.3 is 10.1 Å². The predicted octanol–water partition coefficient (Wildman–Crippen LogP) is 4.59. The standard InChI is InChI=1S/C15H22F3NOS/c1-12(2)20-10-4-3-9-19-11-13-5-7-14(8-6-13)21-15(16,17)18/h5-8,12,19H,3-4,9-11H2,1-2H3. The molecule has 0 saturated heterocycles. The second-order valence-electron chi connectivity index (χ2n) is 5.00. The Hall–Kier alpha value is -0.720. The SMILES string of the molecule is CC(C)OCCCCNCc1ccc(SC(F)(F)F)cc1. The van der Waals surface area contributed by atoms with Crippen LogP contribution in [0.4, 0.5) is 13.2 Å². The van der Waals surface area contributed by atoms with Crippen LogP contribution in [0.3, 0.4) is 0 Å². The molecule has 0 aliphatic rings. The molecule has 1 rings (SSSR count). The van der Waals surface area contributed by atoms with Crippen molar-refractivity contribution < 1.29 is 17.9 Å². The first-order valence-electron chi connectivity index (χ1n) is 7.04. The monoisotopic (exact) mass is 321 g/mol. The van der Waals surface area contributed by atoms with E-state index in [0.29, 0.717) is 6.54 Å². The van der Waals surface area contributed by atoms with Gasteiger partial charge in [0, 0.05) is 18.0 Å². The van der Waals surface area contributed by atoms with E-state index in [1.54, 1.807) is 12.1 Å². The first kappa shape index (κ1) is 18.3. The van der Waals surface area contributed by atoms with Gasteiger partial charge in [0.05, 0.1) is 6.10 Å². The molecule has 0 aliphatic carbocycles. The number of thioether (sulfide) groups is 1. The van der Waals surface area contributed by atoms with E-state index >= 15 is 0 Å². The van der Waals surface area contributed by atoms with Crippen molar-refractivity contribution in [1.29, 1.82) is 0 Å². The first-order valence-corrected chi connectivity index (χ1v) is 7.85. The van der Waals surface area contributed by atoms with E-state index in [1.165, 1.54) is 12.1 Å². The van der Waals surface area contributed by atoms with E-state index in [1.807, 2.05) is 13.8 Å². The molecule has 1 aromatic carbocycles. The van der Waals surface area contributed by atoms with E-state index in [9.17, 15) is 13.2 Å². The van der Waals surface area contributed by atoms with Gasteiger partial charge in [-0.15, -0.1) is 0 Å². The van der Waals surface area contributed by atoms with Crippen molar-refractivity contribution >= 4 is 11.8 Å². The third-order valence-corrected chi connectivity index (χ3v) is 3.42. The topological polar surface area (TPSA) is 21.3 Å². The van der Waals surface area contributed by atoms with Crippen molar-refractivity contribution in [1.82, 2.24) is 5.32 Å². The summed E-state index contributed by atoms with van der Waals surface area (Å²) < 4.78 is 42.0. The van der Waals surface area contributed by atoms with Crippen LogP contribution < -0.4 is 5.32 Å². The Morgan fingerprint density at radius 2 is 1.81 bits per heavy atom. The molecule has 0 amide bonds. The number of hydrogen-bond donors (Lipinski definition) is 1. The van der Waals surface area contributed by atoms with Gasteiger partial charge in [-0.3, -0.25) is 0 Å². The van der Waals surface area contributed by atoms with Gasteiger partial charge in [0.1, 0.15) is 0 Å². The molecule has 0 bridgehead atoms. The highest BCUT2D eigenvalue weighted by Gasteiger charge is 2.28. The number of rotatable bonds is 9. The summed E-state index contributed by atoms with van der Waals surface area (Å²) in [6, 6.07) is 6.46. The summed E-state index contributed by atoms with van der Waals surface area (Å²) in [6.07, 6.45) is 2.30. The van der Waals surface area contributed by atoms with Crippen LogP contribution in [-0.4, -0.2) is 24.8 Å². The zero-order chi connectivity index (χ0) is 15.7. The number of alkyl halides is 3. The van der Waals surface area contributed by atoms with Gasteiger partial charge in [0.15, 0.2) is 0 Å². The van der Waals surface area contributed by atoms with E-state index in [4.69, 9.17) is 4.74 Å². The quantitative estimate of drug-likeness (QED) is 0.531. The lowest BCUT2D eigenvalue weighted by molar-refractivity contribution is -0.0328. The average molecular weight is 321 g/mol. The minimum Gasteiger partial charge on any atom is -0.379 e. The van der Waals surface area contributed by atoms with Gasteiger partial charge in [-0.2, -0.15) is 13.2 Å². The summed E-state index contributed by atoms with van der Waals surface area (Å²) in [7, 11) is 0. The third-order valence-electron chi connectivity index (χ3n) is 2.69. The lowest BCUT2D eigenvalue weighted by atomic mass is 10.2. The fourth-order valence-electron chi connectivity index (χ4n) is 1.71. The van der Waals surface area contributed by atoms with Crippen LogP contribution in [-0.2, 0) is 11.3 Å². The molecule has 21 heavy (non-hydrogen) atoms. The minimum atomic E-state index is -4.22. The summed E-state index contributed by atoms with van der Waals surface area (Å²) in [5.41, 5.74) is -3.24. The molecule has 1 aromatic rings. The van der Waals surface area contributed by atoms with E-state index in [2.05, 4.69) is 5.32 Å². The Bertz CT molecular complexity index is 393. The Morgan fingerprint density at radius 1 is 1.14 bits per heavy atom. The Balaban J connectivity index is 2.15. The number of hydrogen-bond acceptors (Lipinski definition) is 3. The fourth-order valence-corrected chi connectivity index (χ4v) is 2.25. The molecule has 0 aromatic heterocycles. The van der Waals surface area contributed by atoms with E-state index in [-0.39, 0.29) is 22.8 Å². The molecule has 0 spiro atoms. The largest absolute Gasteiger partial charge is 0.446 e. The average Bonchev–Trinajstić information content (AvgIpc) is 2.37. The maximum Gasteiger partial charge on any atom is 0.446 e. The van der Waals surface area contributed by atoms with Gasteiger partial charge in [-0.05, 0) is 62.7 Å². The summed E-state index contributed by atoms with van der Waals surface area (Å²) >= 11 is -0.0852. The number of ether oxygens (including phenoxy) is 1. The van der Waals surface area contributed by atoms with Crippen LogP contribution in [0.1, 0.15) is 32.3 Å². The zero-order valence-corrected chi connectivity index (χ0v) is 13.2. The van der Waals surface area contributed by atoms with Gasteiger partial charge in [0.25, 0.3) is 0 Å². The molecule has 6 heteroatoms. The van der Waals surface area contributed by atoms with Crippen LogP contribution in [0.5, 0.6) is 0 Å². The number of unbranched alkanes of at least 4 members (excludes halogenated alkanes) is 1. The molecule has 0 aliphatic heterocycles. The molecule has 2 nitrogen and oxygen atoms in total. The van der Waals surface area contributed by atoms with Gasteiger partial charge >= 0.3 is 5.51 Å². The maximum absolute atomic E-state index is 12.2. The first-order chi connectivity index (χ1) is 9.87. The lowest BCUT2D eigenvalue weighted by Gasteiger charge is -2.09. The number of halogens is 3. The Kier molecular flexibility index (Phi) is 8.14. The zero-order valence-electron chi connectivity index (χ0n) is 12.4. The molecule has 0 fully saturated rings. The van der Waals surface area contributed by atoms with E-state index in [0.717, 1.165) is 31.6 Å². The third kappa shape index (κ3) is 9.77. The van der Waals surface area contributed by atoms with Crippen molar-refractivity contribution in [2.75, 3.05) is 13.2 Å². The van der Waals surface area contributed by atoms with Crippen LogP contribution in [0, 0.1) is 0 Å². The number of nitrogens with one attached hydrogen (secondary N) is 1. The summed E-state index contributed by atoms with van der Waals surface area (Å²) in [6.45, 7) is 6.34. The highest BCUT2D eigenvalue weighted by Crippen LogP contribution is 2.36. The van der Waals surface area contributed by atoms with Crippen molar-refractivity contribution in [3.8, 4) is 0 Å². The molecule has 0 saturated carbocycles. The Morgan fingerprint density at radius 3 is 2.38 bits per heavy atom. The molecular formula is C15H22F3NOS. The van der Waals surface area contributed by atoms with Crippen molar-refractivity contribution in [3.05, 3.63) is 29.8 Å². The second-order valence-corrected chi connectivity index (χ2v) is 6.13. The van der Waals surface area contributed by atoms with Crippen LogP contribution in [0.2, 0.25) is 0 Å². The second kappa shape index (κ2) is 9.33. The van der Waals surface area contributed by atoms with E-state index < -0.39 is 5.51 Å². The highest BCUT2D eigenvalue weighted by molar-refractivity contribution is 8.00. The molecule has 0 heterocycles. The molecule has 0 radical (unpaired) electrons. The molecule has 120 valence electrons. The van der Waals surface area contributed by atoms with Crippen LogP contribution >= 0.6 is 11.8 Å². The summed E-state index contributed by atoms with van der Waals surface area (Å²) in [5.74, 6) is 0. The molecule has 0 unspecified atom stereocenters. The smallest absolute Gasteiger partial charge is 0.379 e. The maximum atomic E-state index is 12.2. The lowest BCUT2D eigenvalue weighted by Crippen LogP contribution is -2.15. The van der Waals surface area contributed by atoms with Gasteiger partial charge in [0.2, 0.25) is 0 Å². The highest BCUT2D eigenvalue weighted by atomic mass is 32.2. The summed E-state index contributed by atoms with van der Waals surface area (Å²) in [4.78, 5) is 0.220. The van der Waals surface area contributed by atoms with Gasteiger partial charge in [-0.25, -0.2) is 0 Å². The predicted molar refractivity (Wildman–Crippen MR) is 80.4 cm³/mol. The minimum absolute atomic E-state index is 0.0852. The molecule has 1 N–H and O–H groups in total. The molecular weight excluding hydrogens is 299 g/mol. The van der Waals surface area contributed by atoms with Crippen molar-refractivity contribution in [3.63, 3.8) is 0 Å². The van der Waals surface area contributed by atoms with Crippen molar-refractivity contribution in [2.24, 2.45) is 0 Å². The number of benzene rings is 1. The Labute approximate surface area is 128 Å². The van der Waals surface area contributed by atoms with Crippen LogP contribution in [0.15, 0.2) is 29.2 Å².